The number of aliphatic imine (C=N–C) groups is 1. The van der Waals surface area contributed by atoms with Crippen LogP contribution in [-0.2, 0) is 22.6 Å². The normalized spacial score (nSPS) is 15.0. The van der Waals surface area contributed by atoms with Crippen LogP contribution in [0.3, 0.4) is 0 Å². The topological polar surface area (TPSA) is 87.2 Å². The molecule has 1 aliphatic rings. The highest BCUT2D eigenvalue weighted by Crippen LogP contribution is 2.14. The molecule has 0 bridgehead atoms. The molecule has 176 valence electrons. The number of amides is 1. The van der Waals surface area contributed by atoms with Crippen molar-refractivity contribution in [3.63, 3.8) is 0 Å². The molecule has 1 fully saturated rings. The molecule has 1 heterocycles. The molecule has 8 nitrogen and oxygen atoms in total. The number of ether oxygens (including phenoxy) is 2. The zero-order valence-corrected chi connectivity index (χ0v) is 21.5. The quantitative estimate of drug-likeness (QED) is 0.201. The highest BCUT2D eigenvalue weighted by molar-refractivity contribution is 14.0. The van der Waals surface area contributed by atoms with Gasteiger partial charge in [-0.15, -0.1) is 24.0 Å². The van der Waals surface area contributed by atoms with Crippen LogP contribution >= 0.6 is 24.0 Å². The van der Waals surface area contributed by atoms with E-state index in [1.54, 1.807) is 0 Å². The Bertz CT molecular complexity index is 688. The highest BCUT2D eigenvalue weighted by Gasteiger charge is 2.15. The van der Waals surface area contributed by atoms with Gasteiger partial charge in [-0.25, -0.2) is 9.79 Å². The predicted octanol–water partition coefficient (Wildman–Crippen LogP) is 2.72. The van der Waals surface area contributed by atoms with Crippen LogP contribution in [0.2, 0.25) is 0 Å². The molecule has 1 aliphatic heterocycles. The molecule has 1 saturated heterocycles. The van der Waals surface area contributed by atoms with Gasteiger partial charge in [-0.3, -0.25) is 4.90 Å². The Hall–Kier alpha value is -1.59. The average Bonchev–Trinajstić information content (AvgIpc) is 2.69. The second-order valence-corrected chi connectivity index (χ2v) is 8.21. The number of nitrogens with zero attached hydrogens (tertiary/aromatic N) is 2. The molecule has 0 radical (unpaired) electrons. The first-order valence-corrected chi connectivity index (χ1v) is 10.7. The van der Waals surface area contributed by atoms with Crippen LogP contribution in [0.1, 0.15) is 38.8 Å². The van der Waals surface area contributed by atoms with E-state index in [-0.39, 0.29) is 24.0 Å². The van der Waals surface area contributed by atoms with Crippen molar-refractivity contribution >= 4 is 36.0 Å². The maximum Gasteiger partial charge on any atom is 0.407 e. The third kappa shape index (κ3) is 11.6. The van der Waals surface area contributed by atoms with Crippen LogP contribution in [0.4, 0.5) is 4.79 Å². The van der Waals surface area contributed by atoms with E-state index in [0.29, 0.717) is 19.6 Å². The minimum atomic E-state index is -0.498. The minimum absolute atomic E-state index is 0. The molecule has 3 N–H and O–H groups in total. The van der Waals surface area contributed by atoms with Crippen molar-refractivity contribution in [1.29, 1.82) is 0 Å². The Morgan fingerprint density at radius 2 is 1.74 bits per heavy atom. The summed E-state index contributed by atoms with van der Waals surface area (Å²) in [5, 5.41) is 9.24. The summed E-state index contributed by atoms with van der Waals surface area (Å²) in [6.07, 6.45) is -0.414. The Labute approximate surface area is 203 Å². The maximum atomic E-state index is 11.7. The standard InChI is InChI=1S/C22H37N5O3.HI/c1-5-23-20(24-10-11-25-21(28)30-22(2,3)4)26-16-18-8-6-7-9-19(18)17-27-12-14-29-15-13-27;/h6-9H,5,10-17H2,1-4H3,(H,25,28)(H2,23,24,26);1H. The van der Waals surface area contributed by atoms with E-state index < -0.39 is 11.7 Å². The van der Waals surface area contributed by atoms with Gasteiger partial charge in [-0.1, -0.05) is 24.3 Å². The van der Waals surface area contributed by atoms with Crippen LogP contribution in [-0.4, -0.2) is 68.5 Å². The third-order valence-corrected chi connectivity index (χ3v) is 4.45. The third-order valence-electron chi connectivity index (χ3n) is 4.45. The zero-order chi connectivity index (χ0) is 21.8. The van der Waals surface area contributed by atoms with E-state index in [4.69, 9.17) is 14.5 Å². The second kappa shape index (κ2) is 14.5. The molecule has 0 spiro atoms. The summed E-state index contributed by atoms with van der Waals surface area (Å²) in [7, 11) is 0. The lowest BCUT2D eigenvalue weighted by molar-refractivity contribution is 0.0341. The van der Waals surface area contributed by atoms with Crippen LogP contribution in [0.25, 0.3) is 0 Å². The summed E-state index contributed by atoms with van der Waals surface area (Å²) >= 11 is 0. The lowest BCUT2D eigenvalue weighted by Gasteiger charge is -2.27. The molecular weight excluding hydrogens is 509 g/mol. The van der Waals surface area contributed by atoms with Crippen molar-refractivity contribution in [2.24, 2.45) is 4.99 Å². The summed E-state index contributed by atoms with van der Waals surface area (Å²) in [4.78, 5) is 18.9. The fourth-order valence-corrected chi connectivity index (χ4v) is 3.03. The number of hydrogen-bond acceptors (Lipinski definition) is 5. The van der Waals surface area contributed by atoms with E-state index in [9.17, 15) is 4.79 Å². The summed E-state index contributed by atoms with van der Waals surface area (Å²) in [6.45, 7) is 14.4. The molecule has 1 amide bonds. The first kappa shape index (κ1) is 27.4. The summed E-state index contributed by atoms with van der Waals surface area (Å²) in [6, 6.07) is 8.44. The number of benzene rings is 1. The molecule has 1 aromatic rings. The lowest BCUT2D eigenvalue weighted by atomic mass is 10.1. The van der Waals surface area contributed by atoms with E-state index >= 15 is 0 Å². The van der Waals surface area contributed by atoms with Gasteiger partial charge in [0.05, 0.1) is 19.8 Å². The van der Waals surface area contributed by atoms with E-state index in [2.05, 4.69) is 45.1 Å². The van der Waals surface area contributed by atoms with Gasteiger partial charge in [0.1, 0.15) is 5.60 Å². The summed E-state index contributed by atoms with van der Waals surface area (Å²) in [5.41, 5.74) is 2.02. The molecule has 0 saturated carbocycles. The Morgan fingerprint density at radius 1 is 1.10 bits per heavy atom. The van der Waals surface area contributed by atoms with E-state index in [1.165, 1.54) is 11.1 Å². The Kier molecular flexibility index (Phi) is 12.8. The Morgan fingerprint density at radius 3 is 2.39 bits per heavy atom. The van der Waals surface area contributed by atoms with Crippen LogP contribution in [0, 0.1) is 0 Å². The first-order valence-electron chi connectivity index (χ1n) is 10.7. The lowest BCUT2D eigenvalue weighted by Crippen LogP contribution is -2.42. The molecule has 0 aromatic heterocycles. The molecular formula is C22H38IN5O3. The molecule has 0 atom stereocenters. The number of morpholine rings is 1. The number of carbonyl (C=O) groups is 1. The van der Waals surface area contributed by atoms with Crippen molar-refractivity contribution in [3.8, 4) is 0 Å². The molecule has 2 rings (SSSR count). The van der Waals surface area contributed by atoms with Gasteiger partial charge >= 0.3 is 6.09 Å². The largest absolute Gasteiger partial charge is 0.444 e. The number of guanidine groups is 1. The minimum Gasteiger partial charge on any atom is -0.444 e. The summed E-state index contributed by atoms with van der Waals surface area (Å²) < 4.78 is 10.7. The molecule has 31 heavy (non-hydrogen) atoms. The monoisotopic (exact) mass is 547 g/mol. The van der Waals surface area contributed by atoms with Crippen molar-refractivity contribution in [3.05, 3.63) is 35.4 Å². The fourth-order valence-electron chi connectivity index (χ4n) is 3.03. The van der Waals surface area contributed by atoms with Gasteiger partial charge in [0.15, 0.2) is 5.96 Å². The molecule has 1 aromatic carbocycles. The SMILES string of the molecule is CCNC(=NCc1ccccc1CN1CCOCC1)NCCNC(=O)OC(C)(C)C.I. The van der Waals surface area contributed by atoms with Crippen molar-refractivity contribution in [2.45, 2.75) is 46.4 Å². The van der Waals surface area contributed by atoms with Gasteiger partial charge in [0.25, 0.3) is 0 Å². The average molecular weight is 547 g/mol. The van der Waals surface area contributed by atoms with Crippen molar-refractivity contribution in [2.75, 3.05) is 45.9 Å². The van der Waals surface area contributed by atoms with Crippen molar-refractivity contribution < 1.29 is 14.3 Å². The number of rotatable bonds is 8. The number of alkyl carbamates (subject to hydrolysis) is 1. The molecule has 0 unspecified atom stereocenters. The second-order valence-electron chi connectivity index (χ2n) is 8.21. The van der Waals surface area contributed by atoms with Crippen LogP contribution < -0.4 is 16.0 Å². The van der Waals surface area contributed by atoms with Gasteiger partial charge in [-0.05, 0) is 38.8 Å². The van der Waals surface area contributed by atoms with E-state index in [0.717, 1.165) is 45.4 Å². The number of hydrogen-bond donors (Lipinski definition) is 3. The summed E-state index contributed by atoms with van der Waals surface area (Å²) in [5.74, 6) is 0.727. The predicted molar refractivity (Wildman–Crippen MR) is 135 cm³/mol. The smallest absolute Gasteiger partial charge is 0.407 e. The number of carbonyl (C=O) groups excluding carboxylic acids is 1. The Balaban J connectivity index is 0.00000480. The van der Waals surface area contributed by atoms with Gasteiger partial charge < -0.3 is 25.4 Å². The first-order chi connectivity index (χ1) is 14.4. The maximum absolute atomic E-state index is 11.7. The number of nitrogens with one attached hydrogen (secondary N) is 3. The van der Waals surface area contributed by atoms with Gasteiger partial charge in [0.2, 0.25) is 0 Å². The molecule has 9 heteroatoms. The van der Waals surface area contributed by atoms with Crippen LogP contribution in [0.5, 0.6) is 0 Å². The number of halogens is 1. The highest BCUT2D eigenvalue weighted by atomic mass is 127. The zero-order valence-electron chi connectivity index (χ0n) is 19.2. The fraction of sp³-hybridized carbons (Fsp3) is 0.636. The van der Waals surface area contributed by atoms with Gasteiger partial charge in [-0.2, -0.15) is 0 Å². The van der Waals surface area contributed by atoms with Gasteiger partial charge in [0, 0.05) is 39.3 Å². The van der Waals surface area contributed by atoms with Crippen molar-refractivity contribution in [1.82, 2.24) is 20.9 Å². The molecule has 0 aliphatic carbocycles. The van der Waals surface area contributed by atoms with E-state index in [1.807, 2.05) is 27.7 Å². The van der Waals surface area contributed by atoms with Crippen LogP contribution in [0.15, 0.2) is 29.3 Å².